The molecule has 0 aromatic carbocycles. The number of aromatic nitrogens is 3. The number of nitrogens with one attached hydrogen (secondary N) is 2. The normalized spacial score (nSPS) is 17.5. The van der Waals surface area contributed by atoms with Gasteiger partial charge in [0.15, 0.2) is 5.78 Å². The van der Waals surface area contributed by atoms with E-state index in [1.165, 1.54) is 0 Å². The zero-order valence-electron chi connectivity index (χ0n) is 10.9. The van der Waals surface area contributed by atoms with Gasteiger partial charge in [0.2, 0.25) is 0 Å². The first kappa shape index (κ1) is 11.4. The minimum absolute atomic E-state index is 0.262. The van der Waals surface area contributed by atoms with Crippen molar-refractivity contribution in [2.24, 2.45) is 0 Å². The van der Waals surface area contributed by atoms with Gasteiger partial charge in [-0.2, -0.15) is 0 Å². The molecule has 2 aromatic rings. The Hall–Kier alpha value is -2.43. The molecule has 1 aliphatic heterocycles. The van der Waals surface area contributed by atoms with Crippen molar-refractivity contribution in [3.63, 3.8) is 0 Å². The van der Waals surface area contributed by atoms with Crippen molar-refractivity contribution in [3.8, 4) is 11.4 Å². The van der Waals surface area contributed by atoms with E-state index in [-0.39, 0.29) is 5.78 Å². The number of allylic oxidation sites excluding steroid dienone is 1. The molecule has 1 aliphatic carbocycles. The number of aromatic amines is 1. The molecule has 5 heteroatoms. The lowest BCUT2D eigenvalue weighted by molar-refractivity contribution is -0.115. The average Bonchev–Trinajstić information content (AvgIpc) is 2.93. The minimum atomic E-state index is 0.262. The molecule has 2 N–H and O–H groups in total. The highest BCUT2D eigenvalue weighted by molar-refractivity contribution is 6.04. The molecule has 0 fully saturated rings. The van der Waals surface area contributed by atoms with Crippen LogP contribution in [0.3, 0.4) is 0 Å². The number of hydrogen-bond acceptors (Lipinski definition) is 4. The van der Waals surface area contributed by atoms with Gasteiger partial charge in [0.05, 0.1) is 5.70 Å². The molecule has 100 valence electrons. The fraction of sp³-hybridized carbons (Fsp3) is 0.267. The van der Waals surface area contributed by atoms with E-state index >= 15 is 0 Å². The minimum Gasteiger partial charge on any atom is -0.382 e. The molecule has 2 aliphatic rings. The number of imidazole rings is 1. The van der Waals surface area contributed by atoms with Crippen LogP contribution in [0.4, 0.5) is 0 Å². The number of fused-ring (bicyclic) bond motifs is 2. The van der Waals surface area contributed by atoms with Gasteiger partial charge in [-0.05, 0) is 25.0 Å². The third kappa shape index (κ3) is 1.66. The lowest BCUT2D eigenvalue weighted by atomic mass is 9.90. The van der Waals surface area contributed by atoms with Crippen molar-refractivity contribution in [2.45, 2.75) is 19.3 Å². The standard InChI is InChI=1S/C15H14N4O/c20-12-5-8-17-13-10(12)1-2-11-14(13)19-15(18-11)9-3-6-16-7-4-9/h3-4,6-7,17H,1-2,5,8H2,(H,18,19). The maximum atomic E-state index is 12.0. The predicted octanol–water partition coefficient (Wildman–Crippen LogP) is 1.69. The number of hydrogen-bond donors (Lipinski definition) is 2. The van der Waals surface area contributed by atoms with Gasteiger partial charge >= 0.3 is 0 Å². The van der Waals surface area contributed by atoms with Crippen molar-refractivity contribution in [1.82, 2.24) is 20.3 Å². The van der Waals surface area contributed by atoms with Gasteiger partial charge in [-0.25, -0.2) is 4.98 Å². The maximum Gasteiger partial charge on any atom is 0.162 e. The van der Waals surface area contributed by atoms with Gasteiger partial charge in [-0.3, -0.25) is 9.78 Å². The highest BCUT2D eigenvalue weighted by Crippen LogP contribution is 2.32. The Kier molecular flexibility index (Phi) is 2.45. The molecule has 0 bridgehead atoms. The number of rotatable bonds is 1. The molecular formula is C15H14N4O. The van der Waals surface area contributed by atoms with Gasteiger partial charge in [-0.15, -0.1) is 0 Å². The SMILES string of the molecule is O=C1CCNC2=C1CCc1[nH]c(-c3ccncc3)nc12. The Morgan fingerprint density at radius 1 is 1.10 bits per heavy atom. The van der Waals surface area contributed by atoms with E-state index in [9.17, 15) is 4.79 Å². The summed E-state index contributed by atoms with van der Waals surface area (Å²) in [6, 6.07) is 3.86. The van der Waals surface area contributed by atoms with E-state index in [1.54, 1.807) is 12.4 Å². The van der Waals surface area contributed by atoms with Crippen LogP contribution in [0.5, 0.6) is 0 Å². The number of carbonyl (C=O) groups is 1. The Labute approximate surface area is 116 Å². The molecule has 20 heavy (non-hydrogen) atoms. The van der Waals surface area contributed by atoms with Crippen LogP contribution in [0.15, 0.2) is 30.1 Å². The lowest BCUT2D eigenvalue weighted by Crippen LogP contribution is -2.29. The summed E-state index contributed by atoms with van der Waals surface area (Å²) in [5.74, 6) is 1.10. The van der Waals surface area contributed by atoms with Crippen LogP contribution in [0.25, 0.3) is 17.1 Å². The van der Waals surface area contributed by atoms with Crippen LogP contribution in [-0.2, 0) is 11.2 Å². The van der Waals surface area contributed by atoms with E-state index < -0.39 is 0 Å². The third-order valence-corrected chi connectivity index (χ3v) is 3.89. The molecule has 5 nitrogen and oxygen atoms in total. The summed E-state index contributed by atoms with van der Waals surface area (Å²) in [6.45, 7) is 0.703. The van der Waals surface area contributed by atoms with E-state index in [0.717, 1.165) is 46.9 Å². The van der Waals surface area contributed by atoms with E-state index in [1.807, 2.05) is 12.1 Å². The Bertz CT molecular complexity index is 715. The summed E-state index contributed by atoms with van der Waals surface area (Å²) in [7, 11) is 0. The molecule has 0 saturated carbocycles. The second kappa shape index (κ2) is 4.30. The van der Waals surface area contributed by atoms with E-state index in [0.29, 0.717) is 13.0 Å². The zero-order chi connectivity index (χ0) is 13.5. The first-order chi connectivity index (χ1) is 9.83. The van der Waals surface area contributed by atoms with Gasteiger partial charge < -0.3 is 10.3 Å². The maximum absolute atomic E-state index is 12.0. The Morgan fingerprint density at radius 2 is 1.95 bits per heavy atom. The van der Waals surface area contributed by atoms with Gasteiger partial charge in [0.25, 0.3) is 0 Å². The summed E-state index contributed by atoms with van der Waals surface area (Å²) >= 11 is 0. The first-order valence-electron chi connectivity index (χ1n) is 6.83. The smallest absolute Gasteiger partial charge is 0.162 e. The molecule has 2 aromatic heterocycles. The number of ketones is 1. The Morgan fingerprint density at radius 3 is 2.80 bits per heavy atom. The monoisotopic (exact) mass is 266 g/mol. The molecule has 0 spiro atoms. The quantitative estimate of drug-likeness (QED) is 0.824. The molecular weight excluding hydrogens is 252 g/mol. The molecule has 0 amide bonds. The average molecular weight is 266 g/mol. The fourth-order valence-electron chi connectivity index (χ4n) is 2.88. The summed E-state index contributed by atoms with van der Waals surface area (Å²) in [6.07, 6.45) is 5.75. The van der Waals surface area contributed by atoms with Gasteiger partial charge in [0.1, 0.15) is 11.5 Å². The summed E-state index contributed by atoms with van der Waals surface area (Å²) in [5, 5.41) is 3.34. The highest BCUT2D eigenvalue weighted by atomic mass is 16.1. The van der Waals surface area contributed by atoms with Crippen molar-refractivity contribution in [1.29, 1.82) is 0 Å². The lowest BCUT2D eigenvalue weighted by Gasteiger charge is -2.24. The molecule has 4 rings (SSSR count). The van der Waals surface area contributed by atoms with Crippen LogP contribution in [-0.4, -0.2) is 27.3 Å². The number of aryl methyl sites for hydroxylation is 1. The molecule has 3 heterocycles. The third-order valence-electron chi connectivity index (χ3n) is 3.89. The first-order valence-corrected chi connectivity index (χ1v) is 6.83. The van der Waals surface area contributed by atoms with Crippen molar-refractivity contribution in [2.75, 3.05) is 6.54 Å². The second-order valence-corrected chi connectivity index (χ2v) is 5.10. The van der Waals surface area contributed by atoms with Gasteiger partial charge in [-0.1, -0.05) is 0 Å². The largest absolute Gasteiger partial charge is 0.382 e. The number of pyridine rings is 1. The van der Waals surface area contributed by atoms with Crippen LogP contribution < -0.4 is 5.32 Å². The van der Waals surface area contributed by atoms with Crippen molar-refractivity contribution < 1.29 is 4.79 Å². The molecule has 0 saturated heterocycles. The number of nitrogens with zero attached hydrogens (tertiary/aromatic N) is 2. The number of H-pyrrole nitrogens is 1. The zero-order valence-corrected chi connectivity index (χ0v) is 10.9. The fourth-order valence-corrected chi connectivity index (χ4v) is 2.88. The van der Waals surface area contributed by atoms with Crippen LogP contribution in [0.1, 0.15) is 24.2 Å². The van der Waals surface area contributed by atoms with Crippen LogP contribution in [0, 0.1) is 0 Å². The highest BCUT2D eigenvalue weighted by Gasteiger charge is 2.29. The van der Waals surface area contributed by atoms with Gasteiger partial charge in [0, 0.05) is 42.2 Å². The topological polar surface area (TPSA) is 70.7 Å². The van der Waals surface area contributed by atoms with E-state index in [2.05, 4.69) is 20.3 Å². The van der Waals surface area contributed by atoms with Crippen LogP contribution >= 0.6 is 0 Å². The summed E-state index contributed by atoms with van der Waals surface area (Å²) in [4.78, 5) is 24.0. The number of Topliss-reactive ketones (excluding diaryl/α,β-unsaturated/α-hetero) is 1. The predicted molar refractivity (Wildman–Crippen MR) is 74.7 cm³/mol. The van der Waals surface area contributed by atoms with Crippen molar-refractivity contribution in [3.05, 3.63) is 41.5 Å². The van der Waals surface area contributed by atoms with Crippen molar-refractivity contribution >= 4 is 11.5 Å². The summed E-state index contributed by atoms with van der Waals surface area (Å²) in [5.41, 5.74) is 4.87. The second-order valence-electron chi connectivity index (χ2n) is 5.10. The molecule has 0 atom stereocenters. The summed E-state index contributed by atoms with van der Waals surface area (Å²) < 4.78 is 0. The number of carbonyl (C=O) groups excluding carboxylic acids is 1. The van der Waals surface area contributed by atoms with E-state index in [4.69, 9.17) is 0 Å². The Balaban J connectivity index is 1.83. The van der Waals surface area contributed by atoms with Crippen LogP contribution in [0.2, 0.25) is 0 Å². The molecule has 0 unspecified atom stereocenters. The molecule has 0 radical (unpaired) electrons.